The summed E-state index contributed by atoms with van der Waals surface area (Å²) in [5.74, 6) is -0.106. The Bertz CT molecular complexity index is 1230. The van der Waals surface area contributed by atoms with E-state index in [-0.39, 0.29) is 40.6 Å². The summed E-state index contributed by atoms with van der Waals surface area (Å²) >= 11 is 1.38. The molecular weight excluding hydrogens is 481 g/mol. The molecule has 0 spiro atoms. The van der Waals surface area contributed by atoms with E-state index in [2.05, 4.69) is 9.98 Å². The molecule has 0 amide bonds. The fourth-order valence-electron chi connectivity index (χ4n) is 3.72. The number of halogens is 3. The van der Waals surface area contributed by atoms with Gasteiger partial charge in [-0.3, -0.25) is 4.79 Å². The number of benzene rings is 1. The van der Waals surface area contributed by atoms with Crippen LogP contribution in [-0.2, 0) is 27.7 Å². The van der Waals surface area contributed by atoms with Gasteiger partial charge in [0.05, 0.1) is 18.2 Å². The van der Waals surface area contributed by atoms with E-state index in [0.717, 1.165) is 17.0 Å². The van der Waals surface area contributed by atoms with Gasteiger partial charge in [0.25, 0.3) is 0 Å². The van der Waals surface area contributed by atoms with Gasteiger partial charge < -0.3 is 14.0 Å². The summed E-state index contributed by atoms with van der Waals surface area (Å²) in [6.07, 6.45) is 0.357. The Hall–Kier alpha value is -3.13. The van der Waals surface area contributed by atoms with Gasteiger partial charge in [0.1, 0.15) is 11.9 Å². The van der Waals surface area contributed by atoms with Crippen molar-refractivity contribution in [2.24, 2.45) is 15.9 Å². The molecular formula is C24H27F3N4O3S. The van der Waals surface area contributed by atoms with E-state index in [9.17, 15) is 23.2 Å². The summed E-state index contributed by atoms with van der Waals surface area (Å²) in [7, 11) is 1.33. The Morgan fingerprint density at radius 1 is 1.29 bits per heavy atom. The quantitative estimate of drug-likeness (QED) is 0.245. The monoisotopic (exact) mass is 508 g/mol. The van der Waals surface area contributed by atoms with Crippen LogP contribution in [0.4, 0.5) is 13.2 Å². The highest BCUT2D eigenvalue weighted by Crippen LogP contribution is 2.34. The molecule has 0 atom stereocenters. The van der Waals surface area contributed by atoms with Crippen LogP contribution in [0.15, 0.2) is 34.4 Å². The second-order valence-corrected chi connectivity index (χ2v) is 10.4. The lowest BCUT2D eigenvalue weighted by atomic mass is 9.82. The van der Waals surface area contributed by atoms with Crippen molar-refractivity contribution in [3.8, 4) is 11.9 Å². The minimum absolute atomic E-state index is 0.0281. The number of amidine groups is 1. The maximum absolute atomic E-state index is 13.4. The lowest BCUT2D eigenvalue weighted by Gasteiger charge is -2.34. The molecule has 3 rings (SSSR count). The molecule has 1 aliphatic carbocycles. The minimum atomic E-state index is -4.58. The Balaban J connectivity index is 2.06. The van der Waals surface area contributed by atoms with Crippen LogP contribution in [0.5, 0.6) is 5.75 Å². The van der Waals surface area contributed by atoms with Gasteiger partial charge in [-0.25, -0.2) is 0 Å². The van der Waals surface area contributed by atoms with E-state index in [4.69, 9.17) is 9.47 Å². The standard InChI is InChI=1S/C24H27F3N4O3S/c1-14(32)34-17-8-15(9-17)11-31-12-20(23(2,3)4)35-22(31)30-21(29-13-28)18-10-16(24(25,26)27)6-7-19(18)33-5/h6-7,10,12,15,17H,8-9,11H2,1-5H3/b29-21?,30-22-. The van der Waals surface area contributed by atoms with Gasteiger partial charge in [-0.05, 0) is 42.4 Å². The summed E-state index contributed by atoms with van der Waals surface area (Å²) in [4.78, 5) is 21.0. The Morgan fingerprint density at radius 3 is 2.51 bits per heavy atom. The van der Waals surface area contributed by atoms with Gasteiger partial charge in [-0.1, -0.05) is 20.8 Å². The molecule has 2 aromatic rings. The van der Waals surface area contributed by atoms with Crippen LogP contribution in [-0.4, -0.2) is 29.6 Å². The van der Waals surface area contributed by atoms with E-state index in [1.807, 2.05) is 31.5 Å². The highest BCUT2D eigenvalue weighted by molar-refractivity contribution is 7.09. The molecule has 0 bridgehead atoms. The number of hydrogen-bond acceptors (Lipinski definition) is 6. The molecule has 1 aromatic heterocycles. The van der Waals surface area contributed by atoms with Crippen LogP contribution < -0.4 is 9.54 Å². The zero-order chi connectivity index (χ0) is 26.0. The summed E-state index contributed by atoms with van der Waals surface area (Å²) < 4.78 is 52.5. The van der Waals surface area contributed by atoms with Crippen molar-refractivity contribution < 1.29 is 27.4 Å². The zero-order valence-electron chi connectivity index (χ0n) is 20.1. The summed E-state index contributed by atoms with van der Waals surface area (Å²) in [5, 5.41) is 9.26. The van der Waals surface area contributed by atoms with E-state index in [1.54, 1.807) is 6.19 Å². The average molecular weight is 509 g/mol. The summed E-state index contributed by atoms with van der Waals surface area (Å²) in [5.41, 5.74) is -1.12. The van der Waals surface area contributed by atoms with Gasteiger partial charge >= 0.3 is 12.1 Å². The maximum atomic E-state index is 13.4. The number of rotatable bonds is 5. The van der Waals surface area contributed by atoms with Crippen molar-refractivity contribution in [2.75, 3.05) is 7.11 Å². The fourth-order valence-corrected chi connectivity index (χ4v) is 4.78. The normalized spacial score (nSPS) is 19.2. The van der Waals surface area contributed by atoms with E-state index in [0.29, 0.717) is 24.2 Å². The molecule has 1 heterocycles. The molecule has 7 nitrogen and oxygen atoms in total. The third kappa shape index (κ3) is 6.51. The minimum Gasteiger partial charge on any atom is -0.496 e. The van der Waals surface area contributed by atoms with Gasteiger partial charge in [-0.2, -0.15) is 28.4 Å². The van der Waals surface area contributed by atoms with Gasteiger partial charge in [0.15, 0.2) is 10.6 Å². The van der Waals surface area contributed by atoms with Gasteiger partial charge in [-0.15, -0.1) is 11.3 Å². The molecule has 1 saturated carbocycles. The second-order valence-electron chi connectivity index (χ2n) is 9.41. The topological polar surface area (TPSA) is 89.0 Å². The number of nitrogens with zero attached hydrogens (tertiary/aromatic N) is 4. The number of thiazole rings is 1. The largest absolute Gasteiger partial charge is 0.496 e. The molecule has 11 heteroatoms. The van der Waals surface area contributed by atoms with Gasteiger partial charge in [0.2, 0.25) is 6.19 Å². The number of aromatic nitrogens is 1. The van der Waals surface area contributed by atoms with Crippen molar-refractivity contribution in [1.82, 2.24) is 4.57 Å². The average Bonchev–Trinajstić information content (AvgIpc) is 3.13. The zero-order valence-corrected chi connectivity index (χ0v) is 21.0. The fraction of sp³-hybridized carbons (Fsp3) is 0.500. The molecule has 0 unspecified atom stereocenters. The highest BCUT2D eigenvalue weighted by atomic mass is 32.1. The van der Waals surface area contributed by atoms with Crippen LogP contribution in [0.2, 0.25) is 0 Å². The molecule has 188 valence electrons. The number of esters is 1. The Labute approximate surface area is 205 Å². The third-order valence-corrected chi connectivity index (χ3v) is 7.01. The van der Waals surface area contributed by atoms with E-state index in [1.165, 1.54) is 31.4 Å². The molecule has 1 aromatic carbocycles. The highest BCUT2D eigenvalue weighted by Gasteiger charge is 2.33. The number of alkyl halides is 3. The first kappa shape index (κ1) is 26.5. The lowest BCUT2D eigenvalue weighted by molar-refractivity contribution is -0.153. The number of nitriles is 1. The number of carbonyl (C=O) groups excluding carboxylic acids is 1. The molecule has 1 fully saturated rings. The first-order valence-electron chi connectivity index (χ1n) is 11.0. The Morgan fingerprint density at radius 2 is 1.97 bits per heavy atom. The SMILES string of the molecule is COc1ccc(C(F)(F)F)cc1C(=NC#N)/N=c1\sc(C(C)(C)C)cn1CC1CC(OC(C)=O)C1. The van der Waals surface area contributed by atoms with Crippen LogP contribution in [0.1, 0.15) is 56.5 Å². The summed E-state index contributed by atoms with van der Waals surface area (Å²) in [6, 6.07) is 2.98. The molecule has 0 aliphatic heterocycles. The van der Waals surface area contributed by atoms with Crippen LogP contribution >= 0.6 is 11.3 Å². The first-order chi connectivity index (χ1) is 16.3. The molecule has 0 radical (unpaired) electrons. The van der Waals surface area contributed by atoms with Crippen molar-refractivity contribution in [1.29, 1.82) is 5.26 Å². The van der Waals surface area contributed by atoms with E-state index >= 15 is 0 Å². The molecule has 0 N–H and O–H groups in total. The Kier molecular flexibility index (Phi) is 7.74. The number of aliphatic imine (C=N–C) groups is 1. The number of hydrogen-bond donors (Lipinski definition) is 0. The third-order valence-electron chi connectivity index (χ3n) is 5.56. The predicted molar refractivity (Wildman–Crippen MR) is 125 cm³/mol. The van der Waals surface area contributed by atoms with Crippen molar-refractivity contribution in [2.45, 2.75) is 64.8 Å². The summed E-state index contributed by atoms with van der Waals surface area (Å²) in [6.45, 7) is 8.11. The maximum Gasteiger partial charge on any atom is 0.416 e. The number of methoxy groups -OCH3 is 1. The van der Waals surface area contributed by atoms with Crippen LogP contribution in [0.3, 0.4) is 0 Å². The van der Waals surface area contributed by atoms with Gasteiger partial charge in [0, 0.05) is 24.5 Å². The molecule has 35 heavy (non-hydrogen) atoms. The molecule has 0 saturated heterocycles. The van der Waals surface area contributed by atoms with Crippen molar-refractivity contribution in [3.63, 3.8) is 0 Å². The molecule has 1 aliphatic rings. The predicted octanol–water partition coefficient (Wildman–Crippen LogP) is 5.04. The van der Waals surface area contributed by atoms with Crippen LogP contribution in [0, 0.1) is 17.4 Å². The second kappa shape index (κ2) is 10.2. The lowest BCUT2D eigenvalue weighted by Crippen LogP contribution is -2.36. The van der Waals surface area contributed by atoms with Crippen molar-refractivity contribution in [3.05, 3.63) is 45.2 Å². The van der Waals surface area contributed by atoms with Crippen LogP contribution in [0.25, 0.3) is 0 Å². The van der Waals surface area contributed by atoms with Crippen molar-refractivity contribution >= 4 is 23.1 Å². The van der Waals surface area contributed by atoms with E-state index < -0.39 is 11.7 Å². The number of carbonyl (C=O) groups is 1. The number of ether oxygens (including phenoxy) is 2. The smallest absolute Gasteiger partial charge is 0.416 e. The first-order valence-corrected chi connectivity index (χ1v) is 11.8.